The van der Waals surface area contributed by atoms with Crippen LogP contribution in [0.25, 0.3) is 0 Å². The van der Waals surface area contributed by atoms with E-state index >= 15 is 0 Å². The van der Waals surface area contributed by atoms with E-state index in [4.69, 9.17) is 0 Å². The van der Waals surface area contributed by atoms with Gasteiger partial charge in [-0.3, -0.25) is 0 Å². The maximum atomic E-state index is 2.53. The van der Waals surface area contributed by atoms with Crippen molar-refractivity contribution in [3.63, 3.8) is 0 Å². The second kappa shape index (κ2) is 2.49. The van der Waals surface area contributed by atoms with Crippen molar-refractivity contribution in [1.29, 1.82) is 0 Å². The number of hydrogen-bond acceptors (Lipinski definition) is 0. The summed E-state index contributed by atoms with van der Waals surface area (Å²) in [6.45, 7) is 9.84. The van der Waals surface area contributed by atoms with Crippen LogP contribution in [-0.4, -0.2) is 0 Å². The lowest BCUT2D eigenvalue weighted by Crippen LogP contribution is -2.30. The van der Waals surface area contributed by atoms with E-state index in [0.717, 1.165) is 29.1 Å². The molecule has 2 rings (SSSR count). The first-order valence-electron chi connectivity index (χ1n) is 5.58. The summed E-state index contributed by atoms with van der Waals surface area (Å²) in [6.07, 6.45) is 4.43. The fourth-order valence-corrected chi connectivity index (χ4v) is 4.51. The average molecular weight is 166 g/mol. The summed E-state index contributed by atoms with van der Waals surface area (Å²) in [7, 11) is 0. The Kier molecular flexibility index (Phi) is 1.79. The van der Waals surface area contributed by atoms with Gasteiger partial charge in [0.25, 0.3) is 0 Å². The summed E-state index contributed by atoms with van der Waals surface area (Å²) in [5.74, 6) is 4.09. The topological polar surface area (TPSA) is 0 Å². The Morgan fingerprint density at radius 1 is 1.25 bits per heavy atom. The molecule has 0 amide bonds. The molecule has 0 radical (unpaired) electrons. The highest BCUT2D eigenvalue weighted by molar-refractivity contribution is 5.04. The van der Waals surface area contributed by atoms with E-state index < -0.39 is 0 Å². The molecule has 0 aliphatic heterocycles. The van der Waals surface area contributed by atoms with Crippen LogP contribution in [0.3, 0.4) is 0 Å². The number of rotatable bonds is 1. The summed E-state index contributed by atoms with van der Waals surface area (Å²) in [5, 5.41) is 0. The molecule has 70 valence electrons. The monoisotopic (exact) mass is 166 g/mol. The molecule has 5 atom stereocenters. The van der Waals surface area contributed by atoms with Crippen LogP contribution in [0, 0.1) is 29.1 Å². The SMILES string of the molecule is CCC1C(C)C2CC1(C)CC2C. The quantitative estimate of drug-likeness (QED) is 0.557. The van der Waals surface area contributed by atoms with Crippen molar-refractivity contribution in [1.82, 2.24) is 0 Å². The lowest BCUT2D eigenvalue weighted by atomic mass is 9.68. The van der Waals surface area contributed by atoms with Gasteiger partial charge in [-0.05, 0) is 41.9 Å². The molecule has 0 aromatic rings. The third-order valence-electron chi connectivity index (χ3n) is 4.87. The van der Waals surface area contributed by atoms with Crippen molar-refractivity contribution >= 4 is 0 Å². The van der Waals surface area contributed by atoms with Crippen LogP contribution in [0.4, 0.5) is 0 Å². The van der Waals surface area contributed by atoms with Crippen LogP contribution >= 0.6 is 0 Å². The Hall–Kier alpha value is 0. The lowest BCUT2D eigenvalue weighted by Gasteiger charge is -2.37. The summed E-state index contributed by atoms with van der Waals surface area (Å²) in [4.78, 5) is 0. The Morgan fingerprint density at radius 3 is 2.33 bits per heavy atom. The molecule has 0 heteroatoms. The van der Waals surface area contributed by atoms with Crippen molar-refractivity contribution in [3.8, 4) is 0 Å². The maximum Gasteiger partial charge on any atom is -0.0290 e. The smallest absolute Gasteiger partial charge is 0.0290 e. The molecule has 0 heterocycles. The second-order valence-corrected chi connectivity index (χ2v) is 5.58. The van der Waals surface area contributed by atoms with Gasteiger partial charge in [0.15, 0.2) is 0 Å². The van der Waals surface area contributed by atoms with E-state index in [1.54, 1.807) is 0 Å². The first-order valence-corrected chi connectivity index (χ1v) is 5.58. The Balaban J connectivity index is 2.23. The molecule has 2 fully saturated rings. The van der Waals surface area contributed by atoms with Crippen LogP contribution < -0.4 is 0 Å². The standard InChI is InChI=1S/C12H22/c1-5-11-9(3)10-7-12(11,4)6-8(10)2/h8-11H,5-7H2,1-4H3. The van der Waals surface area contributed by atoms with Gasteiger partial charge in [0.05, 0.1) is 0 Å². The van der Waals surface area contributed by atoms with Crippen LogP contribution in [0.5, 0.6) is 0 Å². The van der Waals surface area contributed by atoms with E-state index in [-0.39, 0.29) is 0 Å². The summed E-state index contributed by atoms with van der Waals surface area (Å²) in [6, 6.07) is 0. The summed E-state index contributed by atoms with van der Waals surface area (Å²) >= 11 is 0. The van der Waals surface area contributed by atoms with Crippen LogP contribution in [0.15, 0.2) is 0 Å². The lowest BCUT2D eigenvalue weighted by molar-refractivity contribution is 0.118. The Morgan fingerprint density at radius 2 is 1.92 bits per heavy atom. The fourth-order valence-electron chi connectivity index (χ4n) is 4.51. The second-order valence-electron chi connectivity index (χ2n) is 5.58. The molecule has 0 N–H and O–H groups in total. The van der Waals surface area contributed by atoms with Gasteiger partial charge >= 0.3 is 0 Å². The average Bonchev–Trinajstić information content (AvgIpc) is 2.38. The van der Waals surface area contributed by atoms with Gasteiger partial charge < -0.3 is 0 Å². The summed E-state index contributed by atoms with van der Waals surface area (Å²) < 4.78 is 0. The zero-order valence-electron chi connectivity index (χ0n) is 8.93. The van der Waals surface area contributed by atoms with Gasteiger partial charge in [-0.2, -0.15) is 0 Å². The summed E-state index contributed by atoms with van der Waals surface area (Å²) in [5.41, 5.74) is 0.720. The van der Waals surface area contributed by atoms with Crippen molar-refractivity contribution in [2.45, 2.75) is 47.0 Å². The molecule has 12 heavy (non-hydrogen) atoms. The molecule has 0 saturated heterocycles. The molecule has 5 unspecified atom stereocenters. The van der Waals surface area contributed by atoms with Crippen LogP contribution in [0.2, 0.25) is 0 Å². The predicted octanol–water partition coefficient (Wildman–Crippen LogP) is 3.71. The molecular formula is C12H22. The maximum absolute atomic E-state index is 2.53. The highest BCUT2D eigenvalue weighted by atomic mass is 14.6. The first-order chi connectivity index (χ1) is 5.58. The van der Waals surface area contributed by atoms with Gasteiger partial charge in [0.2, 0.25) is 0 Å². The Bertz CT molecular complexity index is 184. The fraction of sp³-hybridized carbons (Fsp3) is 1.00. The van der Waals surface area contributed by atoms with Gasteiger partial charge in [-0.25, -0.2) is 0 Å². The van der Waals surface area contributed by atoms with E-state index in [1.165, 1.54) is 19.3 Å². The zero-order chi connectivity index (χ0) is 8.93. The predicted molar refractivity (Wildman–Crippen MR) is 52.9 cm³/mol. The van der Waals surface area contributed by atoms with Crippen LogP contribution in [0.1, 0.15) is 47.0 Å². The van der Waals surface area contributed by atoms with Crippen molar-refractivity contribution < 1.29 is 0 Å². The van der Waals surface area contributed by atoms with Crippen molar-refractivity contribution in [2.75, 3.05) is 0 Å². The van der Waals surface area contributed by atoms with Crippen LogP contribution in [-0.2, 0) is 0 Å². The van der Waals surface area contributed by atoms with E-state index in [2.05, 4.69) is 27.7 Å². The zero-order valence-corrected chi connectivity index (χ0v) is 8.93. The molecule has 2 aliphatic carbocycles. The van der Waals surface area contributed by atoms with E-state index in [0.29, 0.717) is 0 Å². The highest BCUT2D eigenvalue weighted by Gasteiger charge is 2.55. The molecule has 2 aliphatic rings. The largest absolute Gasteiger partial charge is 0.0651 e. The van der Waals surface area contributed by atoms with Gasteiger partial charge in [-0.1, -0.05) is 34.1 Å². The van der Waals surface area contributed by atoms with E-state index in [1.807, 2.05) is 0 Å². The minimum absolute atomic E-state index is 0.720. The molecule has 2 saturated carbocycles. The van der Waals surface area contributed by atoms with Gasteiger partial charge in [0, 0.05) is 0 Å². The normalized spacial score (nSPS) is 58.0. The third-order valence-corrected chi connectivity index (χ3v) is 4.87. The van der Waals surface area contributed by atoms with E-state index in [9.17, 15) is 0 Å². The minimum Gasteiger partial charge on any atom is -0.0651 e. The van der Waals surface area contributed by atoms with Crippen molar-refractivity contribution in [3.05, 3.63) is 0 Å². The van der Waals surface area contributed by atoms with Gasteiger partial charge in [0.1, 0.15) is 0 Å². The number of fused-ring (bicyclic) bond motifs is 2. The molecule has 0 nitrogen and oxygen atoms in total. The molecule has 2 bridgehead atoms. The molecule has 0 aromatic carbocycles. The Labute approximate surface area is 76.7 Å². The minimum atomic E-state index is 0.720. The number of hydrogen-bond donors (Lipinski definition) is 0. The third kappa shape index (κ3) is 0.900. The van der Waals surface area contributed by atoms with Gasteiger partial charge in [-0.15, -0.1) is 0 Å². The first kappa shape index (κ1) is 8.59. The van der Waals surface area contributed by atoms with Crippen molar-refractivity contribution in [2.24, 2.45) is 29.1 Å². The molecule has 0 aromatic heterocycles. The highest BCUT2D eigenvalue weighted by Crippen LogP contribution is 2.63. The molecular weight excluding hydrogens is 144 g/mol. The molecule has 0 spiro atoms.